The second-order valence-corrected chi connectivity index (χ2v) is 9.22. The van der Waals surface area contributed by atoms with Crippen molar-refractivity contribution in [2.24, 2.45) is 5.92 Å². The molecule has 0 spiro atoms. The lowest BCUT2D eigenvalue weighted by Crippen LogP contribution is -2.61. The minimum atomic E-state index is -4.41. The predicted molar refractivity (Wildman–Crippen MR) is 132 cm³/mol. The van der Waals surface area contributed by atoms with Crippen molar-refractivity contribution < 1.29 is 18.0 Å². The Labute approximate surface area is 203 Å². The van der Waals surface area contributed by atoms with Gasteiger partial charge in [0.2, 0.25) is 5.91 Å². The first-order chi connectivity index (χ1) is 16.9. The normalized spacial score (nSPS) is 19.6. The highest BCUT2D eigenvalue weighted by molar-refractivity contribution is 5.82. The molecule has 0 aromatic heterocycles. The van der Waals surface area contributed by atoms with Crippen LogP contribution in [0.2, 0.25) is 0 Å². The number of hydrogen-bond acceptors (Lipinski definition) is 3. The van der Waals surface area contributed by atoms with Crippen LogP contribution in [0.3, 0.4) is 0 Å². The molecule has 3 aromatic carbocycles. The van der Waals surface area contributed by atoms with Crippen molar-refractivity contribution in [1.82, 2.24) is 5.32 Å². The summed E-state index contributed by atoms with van der Waals surface area (Å²) in [6, 6.07) is 23.8. The van der Waals surface area contributed by atoms with E-state index in [1.807, 2.05) is 48.5 Å². The third-order valence-electron chi connectivity index (χ3n) is 7.05. The predicted octanol–water partition coefficient (Wildman–Crippen LogP) is 4.93. The van der Waals surface area contributed by atoms with Crippen LogP contribution >= 0.6 is 0 Å². The quantitative estimate of drug-likeness (QED) is 0.564. The van der Waals surface area contributed by atoms with Crippen LogP contribution in [0.5, 0.6) is 0 Å². The molecule has 4 nitrogen and oxygen atoms in total. The Bertz CT molecular complexity index is 1170. The maximum absolute atomic E-state index is 13.4. The van der Waals surface area contributed by atoms with Crippen molar-refractivity contribution in [3.05, 3.63) is 95.6 Å². The summed E-state index contributed by atoms with van der Waals surface area (Å²) in [5.74, 6) is -0.540. The van der Waals surface area contributed by atoms with E-state index >= 15 is 0 Å². The van der Waals surface area contributed by atoms with Crippen LogP contribution in [0.4, 0.5) is 24.5 Å². The molecule has 3 aromatic rings. The lowest BCUT2D eigenvalue weighted by atomic mass is 9.82. The Morgan fingerprint density at radius 2 is 1.66 bits per heavy atom. The molecule has 1 fully saturated rings. The molecule has 1 N–H and O–H groups in total. The number of halogens is 3. The summed E-state index contributed by atoms with van der Waals surface area (Å²) < 4.78 is 40.2. The fraction of sp³-hybridized carbons (Fsp3) is 0.321. The van der Waals surface area contributed by atoms with Gasteiger partial charge in [0.05, 0.1) is 17.5 Å². The van der Waals surface area contributed by atoms with Crippen molar-refractivity contribution >= 4 is 17.3 Å². The summed E-state index contributed by atoms with van der Waals surface area (Å²) >= 11 is 0. The van der Waals surface area contributed by atoms with Crippen LogP contribution in [-0.2, 0) is 23.8 Å². The summed E-state index contributed by atoms with van der Waals surface area (Å²) in [6.45, 7) is 2.51. The van der Waals surface area contributed by atoms with Crippen molar-refractivity contribution in [2.75, 3.05) is 36.0 Å². The second kappa shape index (κ2) is 9.64. The Kier molecular flexibility index (Phi) is 6.41. The van der Waals surface area contributed by atoms with Gasteiger partial charge in [-0.25, -0.2) is 0 Å². The molecule has 2 aliphatic rings. The average Bonchev–Trinajstić information content (AvgIpc) is 2.88. The Hall–Kier alpha value is -3.48. The van der Waals surface area contributed by atoms with Gasteiger partial charge < -0.3 is 15.1 Å². The summed E-state index contributed by atoms with van der Waals surface area (Å²) in [4.78, 5) is 17.8. The van der Waals surface area contributed by atoms with Crippen LogP contribution in [0.1, 0.15) is 16.7 Å². The van der Waals surface area contributed by atoms with Crippen molar-refractivity contribution in [3.8, 4) is 0 Å². The number of benzene rings is 3. The van der Waals surface area contributed by atoms with Crippen LogP contribution in [-0.4, -0.2) is 38.1 Å². The van der Waals surface area contributed by atoms with E-state index in [0.717, 1.165) is 29.5 Å². The van der Waals surface area contributed by atoms with E-state index in [0.29, 0.717) is 38.0 Å². The number of carbonyl (C=O) groups excluding carboxylic acids is 1. The summed E-state index contributed by atoms with van der Waals surface area (Å²) in [6.07, 6.45) is -3.41. The molecule has 1 amide bonds. The van der Waals surface area contributed by atoms with E-state index in [1.165, 1.54) is 6.07 Å². The van der Waals surface area contributed by atoms with Gasteiger partial charge in [-0.1, -0.05) is 48.5 Å². The zero-order valence-electron chi connectivity index (χ0n) is 19.3. The Morgan fingerprint density at radius 1 is 0.943 bits per heavy atom. The molecule has 7 heteroatoms. The number of piperazine rings is 1. The molecule has 0 unspecified atom stereocenters. The first-order valence-electron chi connectivity index (χ1n) is 12.0. The van der Waals surface area contributed by atoms with Gasteiger partial charge >= 0.3 is 6.18 Å². The van der Waals surface area contributed by atoms with E-state index in [4.69, 9.17) is 0 Å². The summed E-state index contributed by atoms with van der Waals surface area (Å²) in [5.41, 5.74) is 2.96. The monoisotopic (exact) mass is 479 g/mol. The van der Waals surface area contributed by atoms with E-state index in [-0.39, 0.29) is 11.9 Å². The highest BCUT2D eigenvalue weighted by atomic mass is 19.4. The molecule has 2 aliphatic heterocycles. The number of rotatable bonds is 5. The van der Waals surface area contributed by atoms with Gasteiger partial charge in [0.15, 0.2) is 0 Å². The third kappa shape index (κ3) is 4.99. The zero-order chi connectivity index (χ0) is 24.4. The molecular weight excluding hydrogens is 451 g/mol. The van der Waals surface area contributed by atoms with E-state index in [2.05, 4.69) is 27.2 Å². The first kappa shape index (κ1) is 23.3. The largest absolute Gasteiger partial charge is 0.416 e. The van der Waals surface area contributed by atoms with Crippen molar-refractivity contribution in [1.29, 1.82) is 0 Å². The number of amides is 1. The van der Waals surface area contributed by atoms with Gasteiger partial charge in [-0.3, -0.25) is 4.79 Å². The number of alkyl halides is 3. The molecule has 1 saturated heterocycles. The molecular formula is C28H28F3N3O. The molecule has 0 bridgehead atoms. The van der Waals surface area contributed by atoms with Crippen molar-refractivity contribution in [2.45, 2.75) is 25.1 Å². The molecule has 2 heterocycles. The Balaban J connectivity index is 1.40. The fourth-order valence-electron chi connectivity index (χ4n) is 5.28. The standard InChI is InChI=1S/C28H28F3N3O/c29-28(30,31)22-11-12-25-21(17-22)18-24(27(35)32-14-13-20-7-3-1-4-8-20)26-19-33(15-16-34(25)26)23-9-5-2-6-10-23/h1-12,17,24,26H,13-16,18-19H2,(H,32,35)/t24-,26+/m0/s1. The van der Waals surface area contributed by atoms with Gasteiger partial charge in [-0.2, -0.15) is 13.2 Å². The fourth-order valence-corrected chi connectivity index (χ4v) is 5.28. The second-order valence-electron chi connectivity index (χ2n) is 9.22. The van der Waals surface area contributed by atoms with Crippen LogP contribution in [0.25, 0.3) is 0 Å². The smallest absolute Gasteiger partial charge is 0.368 e. The maximum Gasteiger partial charge on any atom is 0.416 e. The minimum absolute atomic E-state index is 0.103. The van der Waals surface area contributed by atoms with E-state index in [9.17, 15) is 18.0 Å². The number of nitrogens with one attached hydrogen (secondary N) is 1. The molecule has 0 aliphatic carbocycles. The molecule has 35 heavy (non-hydrogen) atoms. The maximum atomic E-state index is 13.4. The average molecular weight is 480 g/mol. The van der Waals surface area contributed by atoms with Gasteiger partial charge in [0, 0.05) is 37.6 Å². The zero-order valence-corrected chi connectivity index (χ0v) is 19.3. The lowest BCUT2D eigenvalue weighted by Gasteiger charge is -2.49. The number of anilines is 2. The molecule has 0 radical (unpaired) electrons. The molecule has 5 rings (SSSR count). The number of para-hydroxylation sites is 1. The third-order valence-corrected chi connectivity index (χ3v) is 7.05. The first-order valence-corrected chi connectivity index (χ1v) is 12.0. The van der Waals surface area contributed by atoms with Crippen LogP contribution in [0.15, 0.2) is 78.9 Å². The lowest BCUT2D eigenvalue weighted by molar-refractivity contribution is -0.137. The molecule has 2 atom stereocenters. The highest BCUT2D eigenvalue weighted by Crippen LogP contribution is 2.40. The number of hydrogen-bond donors (Lipinski definition) is 1. The van der Waals surface area contributed by atoms with Crippen LogP contribution < -0.4 is 15.1 Å². The molecule has 182 valence electrons. The van der Waals surface area contributed by atoms with E-state index < -0.39 is 17.7 Å². The van der Waals surface area contributed by atoms with Gasteiger partial charge in [-0.15, -0.1) is 0 Å². The topological polar surface area (TPSA) is 35.6 Å². The van der Waals surface area contributed by atoms with E-state index in [1.54, 1.807) is 6.07 Å². The number of fused-ring (bicyclic) bond motifs is 3. The SMILES string of the molecule is O=C(NCCc1ccccc1)[C@H]1Cc2cc(C(F)(F)F)ccc2N2CCN(c3ccccc3)C[C@H]12. The summed E-state index contributed by atoms with van der Waals surface area (Å²) in [7, 11) is 0. The Morgan fingerprint density at radius 3 is 2.37 bits per heavy atom. The summed E-state index contributed by atoms with van der Waals surface area (Å²) in [5, 5.41) is 3.06. The number of nitrogens with zero attached hydrogens (tertiary/aromatic N) is 2. The van der Waals surface area contributed by atoms with Crippen molar-refractivity contribution in [3.63, 3.8) is 0 Å². The number of carbonyl (C=O) groups is 1. The van der Waals surface area contributed by atoms with Gasteiger partial charge in [0.25, 0.3) is 0 Å². The molecule has 0 saturated carbocycles. The van der Waals surface area contributed by atoms with Gasteiger partial charge in [0.1, 0.15) is 0 Å². The minimum Gasteiger partial charge on any atom is -0.368 e. The van der Waals surface area contributed by atoms with Gasteiger partial charge in [-0.05, 0) is 54.3 Å². The van der Waals surface area contributed by atoms with Crippen LogP contribution in [0, 0.1) is 5.92 Å². The highest BCUT2D eigenvalue weighted by Gasteiger charge is 2.42.